The van der Waals surface area contributed by atoms with Gasteiger partial charge in [-0.1, -0.05) is 50.5 Å². The number of aliphatic hydroxyl groups is 1. The van der Waals surface area contributed by atoms with Crippen LogP contribution in [0, 0.1) is 5.92 Å². The van der Waals surface area contributed by atoms with Crippen molar-refractivity contribution < 1.29 is 24.5 Å². The Morgan fingerprint density at radius 1 is 1.22 bits per heavy atom. The van der Waals surface area contributed by atoms with E-state index in [1.807, 2.05) is 6.08 Å². The molecule has 5 unspecified atom stereocenters. The molecule has 27 heavy (non-hydrogen) atoms. The Morgan fingerprint density at radius 2 is 2.07 bits per heavy atom. The van der Waals surface area contributed by atoms with E-state index in [2.05, 4.69) is 25.2 Å². The van der Waals surface area contributed by atoms with Gasteiger partial charge in [0.2, 0.25) is 0 Å². The van der Waals surface area contributed by atoms with Gasteiger partial charge in [-0.05, 0) is 25.7 Å². The Bertz CT molecular complexity index is 541. The normalized spacial score (nSPS) is 35.6. The van der Waals surface area contributed by atoms with Crippen LogP contribution >= 0.6 is 0 Å². The van der Waals surface area contributed by atoms with Crippen LogP contribution in [0.3, 0.4) is 0 Å². The summed E-state index contributed by atoms with van der Waals surface area (Å²) in [4.78, 5) is 10.6. The predicted octanol–water partition coefficient (Wildman–Crippen LogP) is 4.00. The lowest BCUT2D eigenvalue weighted by molar-refractivity contribution is -0.137. The average molecular weight is 379 g/mol. The third-order valence-electron chi connectivity index (χ3n) is 6.22. The number of ether oxygens (including phenoxy) is 2. The summed E-state index contributed by atoms with van der Waals surface area (Å²) in [6, 6.07) is 0. The van der Waals surface area contributed by atoms with Crippen molar-refractivity contribution in [1.82, 2.24) is 0 Å². The number of carboxylic acids is 1. The first-order valence-electron chi connectivity index (χ1n) is 10.6. The maximum atomic E-state index is 10.6. The highest BCUT2D eigenvalue weighted by Gasteiger charge is 2.62. The van der Waals surface area contributed by atoms with Gasteiger partial charge < -0.3 is 19.7 Å². The van der Waals surface area contributed by atoms with Crippen molar-refractivity contribution in [2.45, 2.75) is 101 Å². The number of carboxylic acid groups (broad SMARTS) is 1. The third kappa shape index (κ3) is 5.01. The molecule has 0 aromatic rings. The molecule has 4 bridgehead atoms. The Morgan fingerprint density at radius 3 is 2.81 bits per heavy atom. The second kappa shape index (κ2) is 9.35. The lowest BCUT2D eigenvalue weighted by Crippen LogP contribution is -2.48. The summed E-state index contributed by atoms with van der Waals surface area (Å²) in [5.41, 5.74) is -0.312. The number of aliphatic hydroxyl groups excluding tert-OH is 1. The lowest BCUT2D eigenvalue weighted by Gasteiger charge is -2.43. The van der Waals surface area contributed by atoms with Crippen molar-refractivity contribution in [3.05, 3.63) is 24.3 Å². The largest absolute Gasteiger partial charge is 0.481 e. The summed E-state index contributed by atoms with van der Waals surface area (Å²) >= 11 is 0. The highest BCUT2D eigenvalue weighted by atomic mass is 16.6. The number of rotatable bonds is 12. The van der Waals surface area contributed by atoms with Gasteiger partial charge in [0.05, 0.1) is 30.0 Å². The first kappa shape index (κ1) is 20.6. The van der Waals surface area contributed by atoms with Crippen LogP contribution in [0.5, 0.6) is 0 Å². The molecule has 0 amide bonds. The highest BCUT2D eigenvalue weighted by Crippen LogP contribution is 2.55. The van der Waals surface area contributed by atoms with E-state index in [-0.39, 0.29) is 36.3 Å². The molecule has 4 rings (SSSR count). The number of unbranched alkanes of at least 4 members (excludes halogenated alkanes) is 3. The summed E-state index contributed by atoms with van der Waals surface area (Å²) in [6.45, 7) is 2.17. The van der Waals surface area contributed by atoms with Crippen molar-refractivity contribution in [3.8, 4) is 0 Å². The van der Waals surface area contributed by atoms with E-state index in [1.54, 1.807) is 0 Å². The minimum absolute atomic E-state index is 0.202. The van der Waals surface area contributed by atoms with Gasteiger partial charge in [0.15, 0.2) is 0 Å². The molecular weight excluding hydrogens is 344 g/mol. The van der Waals surface area contributed by atoms with E-state index in [9.17, 15) is 9.90 Å². The van der Waals surface area contributed by atoms with Crippen LogP contribution in [0.15, 0.2) is 24.3 Å². The van der Waals surface area contributed by atoms with E-state index in [0.29, 0.717) is 6.42 Å². The monoisotopic (exact) mass is 378 g/mol. The maximum Gasteiger partial charge on any atom is 0.303 e. The summed E-state index contributed by atoms with van der Waals surface area (Å²) < 4.78 is 12.6. The molecule has 0 aromatic heterocycles. The predicted molar refractivity (Wildman–Crippen MR) is 104 cm³/mol. The minimum atomic E-state index is -0.739. The van der Waals surface area contributed by atoms with Crippen LogP contribution in [0.1, 0.15) is 71.1 Å². The summed E-state index contributed by atoms with van der Waals surface area (Å²) in [5, 5.41) is 19.0. The summed E-state index contributed by atoms with van der Waals surface area (Å²) in [6.07, 6.45) is 17.1. The molecule has 2 N–H and O–H groups in total. The Kier molecular flexibility index (Phi) is 7.12. The van der Waals surface area contributed by atoms with Crippen molar-refractivity contribution in [3.63, 3.8) is 0 Å². The Hall–Kier alpha value is -1.17. The van der Waals surface area contributed by atoms with Gasteiger partial charge in [-0.2, -0.15) is 0 Å². The van der Waals surface area contributed by atoms with Gasteiger partial charge in [0, 0.05) is 25.2 Å². The molecule has 152 valence electrons. The minimum Gasteiger partial charge on any atom is -0.481 e. The van der Waals surface area contributed by atoms with Crippen LogP contribution in [-0.4, -0.2) is 46.2 Å². The standard InChI is InChI=1S/C22H34O5/c1-2-3-6-9-16(23)12-13-22-15-20-19(27-22)14-18(26-20)17(22)10-7-4-5-8-11-21(24)25/h4,7,12-13,16-20,23H,2-3,5-6,8-11,14-15H2,1H3,(H,24,25)/b7-4-,13-12+/t16?,17?,18?,19?,20?,22-/m0/s1. The zero-order valence-corrected chi connectivity index (χ0v) is 16.4. The topological polar surface area (TPSA) is 76.0 Å². The summed E-state index contributed by atoms with van der Waals surface area (Å²) in [7, 11) is 0. The van der Waals surface area contributed by atoms with Crippen molar-refractivity contribution in [1.29, 1.82) is 0 Å². The number of hydrogen-bond donors (Lipinski definition) is 2. The molecule has 4 aliphatic heterocycles. The lowest BCUT2D eigenvalue weighted by atomic mass is 9.76. The molecule has 4 heterocycles. The molecule has 4 saturated heterocycles. The molecule has 0 radical (unpaired) electrons. The highest BCUT2D eigenvalue weighted by molar-refractivity contribution is 5.66. The fraction of sp³-hybridized carbons (Fsp3) is 0.773. The SMILES string of the molecule is CCCCCC(O)/C=C/[C@@]12CC3OC(CC3O1)C2C/C=C\CCCC(=O)O. The van der Waals surface area contributed by atoms with Gasteiger partial charge in [-0.15, -0.1) is 0 Å². The molecule has 0 aromatic carbocycles. The molecule has 6 atom stereocenters. The number of carbonyl (C=O) groups is 1. The molecule has 0 spiro atoms. The van der Waals surface area contributed by atoms with E-state index in [0.717, 1.165) is 51.4 Å². The third-order valence-corrected chi connectivity index (χ3v) is 6.22. The number of hydrogen-bond acceptors (Lipinski definition) is 4. The number of aliphatic carboxylic acids is 1. The first-order valence-corrected chi connectivity index (χ1v) is 10.6. The van der Waals surface area contributed by atoms with Crippen LogP contribution in [-0.2, 0) is 14.3 Å². The van der Waals surface area contributed by atoms with Crippen molar-refractivity contribution in [2.75, 3.05) is 0 Å². The fourth-order valence-electron chi connectivity index (χ4n) is 4.80. The molecular formula is C22H34O5. The molecule has 0 aliphatic carbocycles. The first-order chi connectivity index (χ1) is 13.0. The zero-order chi connectivity index (χ0) is 19.3. The Labute approximate surface area is 162 Å². The van der Waals surface area contributed by atoms with Crippen LogP contribution in [0.2, 0.25) is 0 Å². The quantitative estimate of drug-likeness (QED) is 0.396. The average Bonchev–Trinajstić information content (AvgIpc) is 3.09. The Balaban J connectivity index is 1.56. The van der Waals surface area contributed by atoms with Gasteiger partial charge in [0.25, 0.3) is 0 Å². The smallest absolute Gasteiger partial charge is 0.303 e. The van der Waals surface area contributed by atoms with E-state index >= 15 is 0 Å². The maximum absolute atomic E-state index is 10.6. The van der Waals surface area contributed by atoms with Gasteiger partial charge in [-0.3, -0.25) is 4.79 Å². The molecule has 4 fully saturated rings. The van der Waals surface area contributed by atoms with Crippen LogP contribution in [0.4, 0.5) is 0 Å². The van der Waals surface area contributed by atoms with Crippen LogP contribution in [0.25, 0.3) is 0 Å². The van der Waals surface area contributed by atoms with E-state index in [4.69, 9.17) is 14.6 Å². The van der Waals surface area contributed by atoms with Crippen molar-refractivity contribution in [2.24, 2.45) is 5.92 Å². The van der Waals surface area contributed by atoms with E-state index < -0.39 is 12.1 Å². The zero-order valence-electron chi connectivity index (χ0n) is 16.4. The molecule has 0 saturated carbocycles. The summed E-state index contributed by atoms with van der Waals surface area (Å²) in [5.74, 6) is -0.473. The second-order valence-corrected chi connectivity index (χ2v) is 8.29. The van der Waals surface area contributed by atoms with Gasteiger partial charge in [-0.25, -0.2) is 0 Å². The molecule has 5 nitrogen and oxygen atoms in total. The second-order valence-electron chi connectivity index (χ2n) is 8.29. The van der Waals surface area contributed by atoms with Crippen LogP contribution < -0.4 is 0 Å². The fourth-order valence-corrected chi connectivity index (χ4v) is 4.80. The number of allylic oxidation sites excluding steroid dienone is 2. The molecule has 5 heteroatoms. The van der Waals surface area contributed by atoms with Crippen molar-refractivity contribution >= 4 is 5.97 Å². The van der Waals surface area contributed by atoms with E-state index in [1.165, 1.54) is 0 Å². The van der Waals surface area contributed by atoms with Gasteiger partial charge in [0.1, 0.15) is 0 Å². The molecule has 4 aliphatic rings. The van der Waals surface area contributed by atoms with Gasteiger partial charge >= 0.3 is 5.97 Å².